The largest absolute Gasteiger partial charge is 0.477 e. The number of likely N-dealkylation sites (N-methyl/N-ethyl adjacent to an activating group) is 1. The maximum absolute atomic E-state index is 13.8. The Bertz CT molecular complexity index is 2400. The summed E-state index contributed by atoms with van der Waals surface area (Å²) in [6.45, 7) is 11.0. The first-order valence-electron chi connectivity index (χ1n) is 20.9. The number of aromatic nitrogens is 3. The maximum atomic E-state index is 13.8. The number of carbonyl (C=O) groups excluding carboxylic acids is 4. The molecule has 0 spiro atoms. The number of hydrogen-bond acceptors (Lipinski definition) is 12. The number of nitrogens with one attached hydrogen (secondary N) is 2. The van der Waals surface area contributed by atoms with Gasteiger partial charge in [-0.1, -0.05) is 6.92 Å². The van der Waals surface area contributed by atoms with Gasteiger partial charge in [0, 0.05) is 101 Å². The van der Waals surface area contributed by atoms with Crippen molar-refractivity contribution in [3.63, 3.8) is 0 Å². The Hall–Kier alpha value is -6.29. The molecule has 16 heteroatoms. The zero-order valence-electron chi connectivity index (χ0n) is 34.6. The first-order chi connectivity index (χ1) is 29.0. The average molecular weight is 814 g/mol. The van der Waals surface area contributed by atoms with E-state index in [1.165, 1.54) is 0 Å². The molecule has 4 amide bonds. The van der Waals surface area contributed by atoms with Crippen LogP contribution in [0.4, 0.5) is 22.7 Å². The number of nitrogens with zero attached hydrogens (tertiary/aromatic N) is 9. The molecule has 2 fully saturated rings. The van der Waals surface area contributed by atoms with Crippen molar-refractivity contribution in [2.24, 2.45) is 18.0 Å². The van der Waals surface area contributed by atoms with Crippen molar-refractivity contribution in [3.05, 3.63) is 77.1 Å². The Balaban J connectivity index is 0.846. The predicted octanol–water partition coefficient (Wildman–Crippen LogP) is 4.05. The van der Waals surface area contributed by atoms with E-state index in [1.54, 1.807) is 27.9 Å². The van der Waals surface area contributed by atoms with Crippen LogP contribution in [-0.4, -0.2) is 120 Å². The Morgan fingerprint density at radius 2 is 1.78 bits per heavy atom. The van der Waals surface area contributed by atoms with Gasteiger partial charge in [0.15, 0.2) is 0 Å². The predicted molar refractivity (Wildman–Crippen MR) is 229 cm³/mol. The number of carbonyl (C=O) groups is 4. The molecule has 312 valence electrons. The van der Waals surface area contributed by atoms with E-state index < -0.39 is 11.9 Å². The molecule has 1 unspecified atom stereocenters. The number of imide groups is 1. The highest BCUT2D eigenvalue weighted by atomic mass is 16.5. The lowest BCUT2D eigenvalue weighted by Gasteiger charge is -2.37. The van der Waals surface area contributed by atoms with Gasteiger partial charge in [0.25, 0.3) is 11.8 Å². The first-order valence-corrected chi connectivity index (χ1v) is 20.9. The van der Waals surface area contributed by atoms with E-state index in [-0.39, 0.29) is 24.1 Å². The molecule has 2 aromatic carbocycles. The fourth-order valence-corrected chi connectivity index (χ4v) is 8.94. The minimum absolute atomic E-state index is 0.159. The summed E-state index contributed by atoms with van der Waals surface area (Å²) in [5, 5.41) is 10.2. The summed E-state index contributed by atoms with van der Waals surface area (Å²) in [4.78, 5) is 71.4. The normalized spacial score (nSPS) is 21.7. The van der Waals surface area contributed by atoms with Crippen LogP contribution < -0.4 is 30.1 Å². The van der Waals surface area contributed by atoms with E-state index in [0.717, 1.165) is 86.0 Å². The standard InChI is InChI=1S/C44H51N11O5/c1-27-6-5-19-60-43-34(24-45-51(43)4)36-22-29(20-28(2)46-36)40(57)49-44-47-35-10-8-32(23-38(35)55(44)25-27)53-17-15-52(16-18-53)14-13-50(3)31-7-9-33-30(21-31)26-54(42(33)59)37-11-12-39(56)48-41(37)58/h7-10,20-24,27,37H,5-6,11-19,25-26H2,1-4H3,(H,47,49,57)(H,48,56,58)/t27-,37?/m1/s1. The fraction of sp³-hybridized carbons (Fsp3) is 0.432. The lowest BCUT2D eigenvalue weighted by atomic mass is 10.0. The van der Waals surface area contributed by atoms with Crippen molar-refractivity contribution in [3.8, 4) is 17.1 Å². The number of ether oxygens (including phenoxy) is 1. The molecular weight excluding hydrogens is 763 g/mol. The van der Waals surface area contributed by atoms with E-state index in [0.29, 0.717) is 66.4 Å². The first kappa shape index (κ1) is 39.2. The molecule has 2 aromatic heterocycles. The number of amides is 4. The number of aryl methyl sites for hydroxylation is 2. The van der Waals surface area contributed by atoms with Crippen molar-refractivity contribution >= 4 is 52.3 Å². The van der Waals surface area contributed by atoms with Gasteiger partial charge >= 0.3 is 0 Å². The molecule has 2 N–H and O–H groups in total. The number of piperazine rings is 1. The van der Waals surface area contributed by atoms with E-state index in [1.807, 2.05) is 26.1 Å². The third kappa shape index (κ3) is 7.67. The van der Waals surface area contributed by atoms with Gasteiger partial charge in [0.1, 0.15) is 6.04 Å². The summed E-state index contributed by atoms with van der Waals surface area (Å²) in [7, 11) is 3.92. The van der Waals surface area contributed by atoms with Crippen LogP contribution in [0.25, 0.3) is 11.3 Å². The third-order valence-corrected chi connectivity index (χ3v) is 12.4. The summed E-state index contributed by atoms with van der Waals surface area (Å²) < 4.78 is 7.96. The highest BCUT2D eigenvalue weighted by Gasteiger charge is 2.39. The lowest BCUT2D eigenvalue weighted by molar-refractivity contribution is -0.136. The highest BCUT2D eigenvalue weighted by Crippen LogP contribution is 2.38. The molecular formula is C44H51N11O5. The highest BCUT2D eigenvalue weighted by molar-refractivity contribution is 6.19. The zero-order valence-corrected chi connectivity index (χ0v) is 34.6. The number of aliphatic imine (C=N–C) groups is 1. The van der Waals surface area contributed by atoms with Gasteiger partial charge in [-0.3, -0.25) is 34.4 Å². The van der Waals surface area contributed by atoms with Gasteiger partial charge in [-0.25, -0.2) is 4.68 Å². The van der Waals surface area contributed by atoms with Crippen LogP contribution in [-0.2, 0) is 23.2 Å². The van der Waals surface area contributed by atoms with Gasteiger partial charge in [-0.2, -0.15) is 10.1 Å². The second-order valence-corrected chi connectivity index (χ2v) is 16.6. The Morgan fingerprint density at radius 3 is 2.60 bits per heavy atom. The van der Waals surface area contributed by atoms with Gasteiger partial charge < -0.3 is 29.7 Å². The molecule has 0 saturated carbocycles. The second kappa shape index (κ2) is 16.0. The summed E-state index contributed by atoms with van der Waals surface area (Å²) >= 11 is 0. The van der Waals surface area contributed by atoms with Crippen LogP contribution in [0.15, 0.2) is 59.7 Å². The second-order valence-electron chi connectivity index (χ2n) is 16.6. The van der Waals surface area contributed by atoms with E-state index in [4.69, 9.17) is 9.72 Å². The molecule has 2 atom stereocenters. The van der Waals surface area contributed by atoms with Gasteiger partial charge in [0.2, 0.25) is 23.7 Å². The van der Waals surface area contributed by atoms with E-state index in [2.05, 4.69) is 78.6 Å². The monoisotopic (exact) mass is 813 g/mol. The topological polar surface area (TPSA) is 161 Å². The molecule has 4 aromatic rings. The fourth-order valence-electron chi connectivity index (χ4n) is 8.94. The molecule has 16 nitrogen and oxygen atoms in total. The lowest BCUT2D eigenvalue weighted by Crippen LogP contribution is -2.52. The number of piperidine rings is 1. The van der Waals surface area contributed by atoms with Crippen molar-refractivity contribution < 1.29 is 23.9 Å². The summed E-state index contributed by atoms with van der Waals surface area (Å²) in [5.74, 6) is 0.261. The smallest absolute Gasteiger partial charge is 0.280 e. The van der Waals surface area contributed by atoms with Crippen molar-refractivity contribution in [1.82, 2.24) is 29.9 Å². The van der Waals surface area contributed by atoms with E-state index >= 15 is 0 Å². The summed E-state index contributed by atoms with van der Waals surface area (Å²) in [6.07, 6.45) is 4.11. The average Bonchev–Trinajstić information content (AvgIpc) is 3.89. The number of rotatable bonds is 6. The number of guanidine groups is 1. The van der Waals surface area contributed by atoms with Crippen LogP contribution in [0.1, 0.15) is 64.6 Å². The van der Waals surface area contributed by atoms with Crippen molar-refractivity contribution in [2.75, 3.05) is 79.5 Å². The molecule has 9 rings (SSSR count). The van der Waals surface area contributed by atoms with Gasteiger partial charge in [-0.15, -0.1) is 0 Å². The Kier molecular flexibility index (Phi) is 10.5. The zero-order chi connectivity index (χ0) is 41.7. The number of benzene rings is 2. The van der Waals surface area contributed by atoms with Gasteiger partial charge in [0.05, 0.1) is 35.4 Å². The molecule has 2 bridgehead atoms. The minimum Gasteiger partial charge on any atom is -0.477 e. The molecule has 60 heavy (non-hydrogen) atoms. The summed E-state index contributed by atoms with van der Waals surface area (Å²) in [6, 6.07) is 15.3. The number of hydrogen-bond donors (Lipinski definition) is 2. The molecule has 2 saturated heterocycles. The summed E-state index contributed by atoms with van der Waals surface area (Å²) in [5.41, 5.74) is 8.15. The Morgan fingerprint density at radius 1 is 0.950 bits per heavy atom. The number of fused-ring (bicyclic) bond motifs is 8. The van der Waals surface area contributed by atoms with E-state index in [9.17, 15) is 19.2 Å². The number of pyridine rings is 1. The quantitative estimate of drug-likeness (QED) is 0.270. The Labute approximate surface area is 349 Å². The van der Waals surface area contributed by atoms with Crippen molar-refractivity contribution in [1.29, 1.82) is 0 Å². The molecule has 5 aliphatic rings. The van der Waals surface area contributed by atoms with Crippen LogP contribution in [0, 0.1) is 12.8 Å². The van der Waals surface area contributed by atoms with Gasteiger partial charge in [-0.05, 0) is 86.2 Å². The maximum Gasteiger partial charge on any atom is 0.280 e. The molecule has 7 heterocycles. The van der Waals surface area contributed by atoms with Crippen LogP contribution >= 0.6 is 0 Å². The third-order valence-electron chi connectivity index (χ3n) is 12.4. The molecule has 5 aliphatic heterocycles. The van der Waals surface area contributed by atoms with Crippen molar-refractivity contribution in [2.45, 2.75) is 52.1 Å². The van der Waals surface area contributed by atoms with Crippen LogP contribution in [0.3, 0.4) is 0 Å². The SMILES string of the molecule is Cc1cc2cc(n1)-c1cnn(C)c1OCCC[C@@H](C)CN1/C(=N/C2=O)Nc2ccc(N3CCN(CCN(C)c4ccc5c(c4)CN(C4CCC(=O)NC4=O)C5=O)CC3)cc21. The number of anilines is 4. The minimum atomic E-state index is -0.621. The molecule has 0 aliphatic carbocycles. The molecule has 0 radical (unpaired) electrons. The van der Waals surface area contributed by atoms with Crippen LogP contribution in [0.2, 0.25) is 0 Å². The van der Waals surface area contributed by atoms with Crippen LogP contribution in [0.5, 0.6) is 5.88 Å².